The van der Waals surface area contributed by atoms with E-state index in [1.165, 1.54) is 17.6 Å². The number of likely N-dealkylation sites (tertiary alicyclic amines) is 2. The van der Waals surface area contributed by atoms with Crippen LogP contribution in [0.2, 0.25) is 0 Å². The van der Waals surface area contributed by atoms with E-state index < -0.39 is 5.60 Å². The van der Waals surface area contributed by atoms with Gasteiger partial charge in [-0.1, -0.05) is 6.07 Å². The monoisotopic (exact) mass is 642 g/mol. The van der Waals surface area contributed by atoms with Crippen LogP contribution in [0, 0.1) is 9.12 Å². The highest BCUT2D eigenvalue weighted by Gasteiger charge is 2.46. The van der Waals surface area contributed by atoms with Crippen molar-refractivity contribution in [3.05, 3.63) is 51.7 Å². The zero-order valence-electron chi connectivity index (χ0n) is 22.9. The number of fused-ring (bicyclic) bond motifs is 2. The van der Waals surface area contributed by atoms with Crippen molar-refractivity contribution in [2.75, 3.05) is 31.9 Å². The Labute approximate surface area is 241 Å². The minimum Gasteiger partial charge on any atom is -0.444 e. The van der Waals surface area contributed by atoms with Crippen LogP contribution in [0.5, 0.6) is 0 Å². The standard InChI is InChI=1S/C28H35IN8O2/c1-18(37-25-22(23(29)33-37)24(30)31-17-32-25)20-13-19-7-5-6-10-36(19)21(20)14-34-15-28(16-34)8-11-35(12-9-28)26(38)39-27(2,3)4/h5-7,10,13,17-18H,8-9,11-12,14-16H2,1-4H3,(H2,30,31,32). The minimum atomic E-state index is -0.464. The van der Waals surface area contributed by atoms with Gasteiger partial charge in [0.1, 0.15) is 21.4 Å². The summed E-state index contributed by atoms with van der Waals surface area (Å²) in [6, 6.07) is 8.53. The van der Waals surface area contributed by atoms with Crippen LogP contribution in [0.15, 0.2) is 36.8 Å². The molecule has 1 unspecified atom stereocenters. The number of piperidine rings is 1. The van der Waals surface area contributed by atoms with Gasteiger partial charge in [-0.3, -0.25) is 4.90 Å². The van der Waals surface area contributed by atoms with Gasteiger partial charge in [0.2, 0.25) is 0 Å². The summed E-state index contributed by atoms with van der Waals surface area (Å²) in [5.74, 6) is 0.453. The first-order valence-corrected chi connectivity index (χ1v) is 14.5. The lowest BCUT2D eigenvalue weighted by Crippen LogP contribution is -2.60. The molecule has 0 radical (unpaired) electrons. The maximum Gasteiger partial charge on any atom is 0.410 e. The Kier molecular flexibility index (Phi) is 6.48. The number of hydrogen-bond acceptors (Lipinski definition) is 7. The average Bonchev–Trinajstić information content (AvgIpc) is 3.40. The molecular formula is C28H35IN8O2. The van der Waals surface area contributed by atoms with Crippen LogP contribution in [0.4, 0.5) is 10.6 Å². The van der Waals surface area contributed by atoms with Crippen molar-refractivity contribution in [1.29, 1.82) is 0 Å². The van der Waals surface area contributed by atoms with Crippen LogP contribution in [-0.4, -0.2) is 71.8 Å². The molecule has 0 saturated carbocycles. The van der Waals surface area contributed by atoms with Crippen molar-refractivity contribution in [2.24, 2.45) is 5.41 Å². The van der Waals surface area contributed by atoms with E-state index in [4.69, 9.17) is 15.6 Å². The maximum absolute atomic E-state index is 12.5. The topological polar surface area (TPSA) is 107 Å². The van der Waals surface area contributed by atoms with Crippen LogP contribution < -0.4 is 5.73 Å². The van der Waals surface area contributed by atoms with Crippen molar-refractivity contribution in [3.8, 4) is 0 Å². The van der Waals surface area contributed by atoms with Gasteiger partial charge in [0.15, 0.2) is 5.65 Å². The summed E-state index contributed by atoms with van der Waals surface area (Å²) in [5, 5.41) is 5.62. The fourth-order valence-corrected chi connectivity index (χ4v) is 6.87. The SMILES string of the molecule is CC(c1cc2ccccn2c1CN1CC2(CCN(C(=O)OC(C)(C)C)CC2)C1)n1nc(I)c2c(N)ncnc21. The van der Waals surface area contributed by atoms with E-state index in [1.807, 2.05) is 30.4 Å². The normalized spacial score (nSPS) is 18.5. The molecule has 1 spiro atoms. The summed E-state index contributed by atoms with van der Waals surface area (Å²) in [6.07, 6.45) is 5.48. The fourth-order valence-electron chi connectivity index (χ4n) is 6.12. The number of pyridine rings is 1. The summed E-state index contributed by atoms with van der Waals surface area (Å²) in [5.41, 5.74) is 10.4. The largest absolute Gasteiger partial charge is 0.444 e. The summed E-state index contributed by atoms with van der Waals surface area (Å²) >= 11 is 2.21. The highest BCUT2D eigenvalue weighted by atomic mass is 127. The molecular weight excluding hydrogens is 607 g/mol. The van der Waals surface area contributed by atoms with Crippen LogP contribution >= 0.6 is 22.6 Å². The van der Waals surface area contributed by atoms with Gasteiger partial charge in [0.25, 0.3) is 0 Å². The first-order chi connectivity index (χ1) is 18.5. The molecule has 6 rings (SSSR count). The Morgan fingerprint density at radius 3 is 2.67 bits per heavy atom. The maximum atomic E-state index is 12.5. The van der Waals surface area contributed by atoms with Crippen molar-refractivity contribution in [1.82, 2.24) is 33.9 Å². The molecule has 206 valence electrons. The van der Waals surface area contributed by atoms with E-state index in [1.54, 1.807) is 0 Å². The average molecular weight is 643 g/mol. The Balaban J connectivity index is 1.21. The molecule has 0 bridgehead atoms. The number of amides is 1. The molecule has 6 heterocycles. The Bertz CT molecular complexity index is 1540. The second-order valence-electron chi connectivity index (χ2n) is 12.0. The van der Waals surface area contributed by atoms with Crippen molar-refractivity contribution in [2.45, 2.75) is 58.7 Å². The molecule has 2 aliphatic rings. The molecule has 4 aromatic rings. The third-order valence-electron chi connectivity index (χ3n) is 8.08. The number of anilines is 1. The molecule has 2 aliphatic heterocycles. The lowest BCUT2D eigenvalue weighted by atomic mass is 9.72. The molecule has 1 amide bonds. The van der Waals surface area contributed by atoms with Crippen LogP contribution in [0.1, 0.15) is 57.8 Å². The highest BCUT2D eigenvalue weighted by molar-refractivity contribution is 14.1. The summed E-state index contributed by atoms with van der Waals surface area (Å²) in [7, 11) is 0. The Hall–Kier alpha value is -2.93. The van der Waals surface area contributed by atoms with E-state index in [2.05, 4.69) is 79.2 Å². The third-order valence-corrected chi connectivity index (χ3v) is 8.83. The van der Waals surface area contributed by atoms with E-state index in [0.717, 1.165) is 65.8 Å². The smallest absolute Gasteiger partial charge is 0.410 e. The summed E-state index contributed by atoms with van der Waals surface area (Å²) in [4.78, 5) is 25.6. The second kappa shape index (κ2) is 9.61. The lowest BCUT2D eigenvalue weighted by molar-refractivity contribution is -0.0557. The number of hydrogen-bond donors (Lipinski definition) is 1. The van der Waals surface area contributed by atoms with Crippen LogP contribution in [-0.2, 0) is 11.3 Å². The molecule has 39 heavy (non-hydrogen) atoms. The van der Waals surface area contributed by atoms with Gasteiger partial charge in [-0.25, -0.2) is 19.4 Å². The number of nitrogens with zero attached hydrogens (tertiary/aromatic N) is 7. The highest BCUT2D eigenvalue weighted by Crippen LogP contribution is 2.42. The Morgan fingerprint density at radius 2 is 1.95 bits per heavy atom. The van der Waals surface area contributed by atoms with Gasteiger partial charge >= 0.3 is 6.09 Å². The number of ether oxygens (including phenoxy) is 1. The van der Waals surface area contributed by atoms with Crippen LogP contribution in [0.25, 0.3) is 16.6 Å². The molecule has 2 N–H and O–H groups in total. The van der Waals surface area contributed by atoms with E-state index in [0.29, 0.717) is 5.82 Å². The van der Waals surface area contributed by atoms with Gasteiger partial charge in [0.05, 0.1) is 11.4 Å². The number of aromatic nitrogens is 5. The van der Waals surface area contributed by atoms with Crippen molar-refractivity contribution < 1.29 is 9.53 Å². The van der Waals surface area contributed by atoms with E-state index >= 15 is 0 Å². The quantitative estimate of drug-likeness (QED) is 0.322. The van der Waals surface area contributed by atoms with Crippen LogP contribution in [0.3, 0.4) is 0 Å². The summed E-state index contributed by atoms with van der Waals surface area (Å²) < 4.78 is 10.7. The lowest BCUT2D eigenvalue weighted by Gasteiger charge is -2.54. The van der Waals surface area contributed by atoms with E-state index in [9.17, 15) is 4.79 Å². The number of halogens is 1. The van der Waals surface area contributed by atoms with Gasteiger partial charge in [0, 0.05) is 50.1 Å². The summed E-state index contributed by atoms with van der Waals surface area (Å²) in [6.45, 7) is 12.4. The van der Waals surface area contributed by atoms with Crippen molar-refractivity contribution >= 4 is 51.1 Å². The number of nitrogens with two attached hydrogens (primary N) is 1. The number of nitrogen functional groups attached to an aromatic ring is 1. The molecule has 0 aromatic carbocycles. The Morgan fingerprint density at radius 1 is 1.21 bits per heavy atom. The number of carbonyl (C=O) groups is 1. The first-order valence-electron chi connectivity index (χ1n) is 13.5. The third kappa shape index (κ3) is 4.83. The van der Waals surface area contributed by atoms with Gasteiger partial charge in [-0.2, -0.15) is 5.10 Å². The molecule has 10 nitrogen and oxygen atoms in total. The first kappa shape index (κ1) is 26.3. The van der Waals surface area contributed by atoms with Gasteiger partial charge in [-0.05, 0) is 92.3 Å². The minimum absolute atomic E-state index is 0.0347. The zero-order valence-corrected chi connectivity index (χ0v) is 25.1. The molecule has 11 heteroatoms. The van der Waals surface area contributed by atoms with E-state index in [-0.39, 0.29) is 17.6 Å². The molecule has 2 fully saturated rings. The molecule has 1 atom stereocenters. The fraction of sp³-hybridized carbons (Fsp3) is 0.500. The number of rotatable bonds is 4. The predicted octanol–water partition coefficient (Wildman–Crippen LogP) is 4.71. The van der Waals surface area contributed by atoms with Gasteiger partial charge < -0.3 is 19.8 Å². The molecule has 0 aliphatic carbocycles. The molecule has 2 saturated heterocycles. The second-order valence-corrected chi connectivity index (χ2v) is 13.0. The predicted molar refractivity (Wildman–Crippen MR) is 158 cm³/mol. The number of carbonyl (C=O) groups excluding carboxylic acids is 1. The van der Waals surface area contributed by atoms with Gasteiger partial charge in [-0.15, -0.1) is 0 Å². The zero-order chi connectivity index (χ0) is 27.5. The van der Waals surface area contributed by atoms with Crippen molar-refractivity contribution in [3.63, 3.8) is 0 Å². The molecule has 4 aromatic heterocycles.